The molecule has 0 saturated carbocycles. The molecule has 2 aromatic rings. The monoisotopic (exact) mass is 266 g/mol. The lowest BCUT2D eigenvalue weighted by atomic mass is 10.5. The summed E-state index contributed by atoms with van der Waals surface area (Å²) in [5.74, 6) is 0.840. The van der Waals surface area contributed by atoms with Crippen LogP contribution in [-0.4, -0.2) is 24.9 Å². The average Bonchev–Trinajstić information content (AvgIpc) is 2.67. The van der Waals surface area contributed by atoms with Crippen molar-refractivity contribution in [2.24, 2.45) is 7.05 Å². The number of nitrogens with one attached hydrogen (secondary N) is 1. The normalized spacial score (nSPS) is 11.0. The van der Waals surface area contributed by atoms with Crippen LogP contribution in [0.15, 0.2) is 27.4 Å². The molecule has 2 rings (SSSR count). The molecule has 0 unspecified atom stereocenters. The number of hydrogen-bond donors (Lipinski definition) is 1. The number of rotatable bonds is 4. The average molecular weight is 266 g/mol. The zero-order valence-corrected chi connectivity index (χ0v) is 11.1. The standard InChI is InChI=1S/C11H14N4O2S/c1-4-6-15-7-8(12-11(15)18-5-2)14(3)10(17)13-9(7)16/h4H,1,5-6H2,2-3H3,(H,13,16,17). The zero-order valence-electron chi connectivity index (χ0n) is 10.3. The molecule has 0 aliphatic rings. The van der Waals surface area contributed by atoms with Crippen molar-refractivity contribution in [3.05, 3.63) is 33.5 Å². The smallest absolute Gasteiger partial charge is 0.309 e. The third-order valence-corrected chi connectivity index (χ3v) is 3.42. The highest BCUT2D eigenvalue weighted by Crippen LogP contribution is 2.20. The Bertz CT molecular complexity index is 710. The van der Waals surface area contributed by atoms with E-state index in [1.54, 1.807) is 17.7 Å². The summed E-state index contributed by atoms with van der Waals surface area (Å²) < 4.78 is 3.12. The molecule has 0 amide bonds. The van der Waals surface area contributed by atoms with Gasteiger partial charge in [-0.05, 0) is 5.75 Å². The van der Waals surface area contributed by atoms with Crippen molar-refractivity contribution in [2.75, 3.05) is 5.75 Å². The lowest BCUT2D eigenvalue weighted by Gasteiger charge is -2.03. The third kappa shape index (κ3) is 1.90. The molecular formula is C11H14N4O2S. The summed E-state index contributed by atoms with van der Waals surface area (Å²) in [4.78, 5) is 30.1. The molecular weight excluding hydrogens is 252 g/mol. The topological polar surface area (TPSA) is 72.7 Å². The van der Waals surface area contributed by atoms with Gasteiger partial charge in [-0.2, -0.15) is 0 Å². The first-order chi connectivity index (χ1) is 8.60. The Kier molecular flexibility index (Phi) is 3.42. The Hall–Kier alpha value is -1.76. The number of H-pyrrole nitrogens is 1. The number of fused-ring (bicyclic) bond motifs is 1. The van der Waals surface area contributed by atoms with Gasteiger partial charge in [0.1, 0.15) is 0 Å². The van der Waals surface area contributed by atoms with E-state index < -0.39 is 11.2 Å². The van der Waals surface area contributed by atoms with Crippen LogP contribution in [-0.2, 0) is 13.6 Å². The molecule has 6 nitrogen and oxygen atoms in total. The van der Waals surface area contributed by atoms with Crippen LogP contribution in [0.3, 0.4) is 0 Å². The van der Waals surface area contributed by atoms with Crippen LogP contribution in [0.1, 0.15) is 6.92 Å². The first-order valence-electron chi connectivity index (χ1n) is 5.53. The zero-order chi connectivity index (χ0) is 13.3. The van der Waals surface area contributed by atoms with Gasteiger partial charge in [0.25, 0.3) is 5.56 Å². The summed E-state index contributed by atoms with van der Waals surface area (Å²) in [5, 5.41) is 0.721. The number of imidazole rings is 1. The van der Waals surface area contributed by atoms with Crippen molar-refractivity contribution < 1.29 is 0 Å². The largest absolute Gasteiger partial charge is 0.329 e. The number of nitrogens with zero attached hydrogens (tertiary/aromatic N) is 3. The molecule has 0 aromatic carbocycles. The SMILES string of the molecule is C=CCn1c(SCC)nc2c1c(=O)[nH]c(=O)n2C. The highest BCUT2D eigenvalue weighted by molar-refractivity contribution is 7.99. The van der Waals surface area contributed by atoms with Crippen molar-refractivity contribution in [1.29, 1.82) is 0 Å². The fraction of sp³-hybridized carbons (Fsp3) is 0.364. The molecule has 0 radical (unpaired) electrons. The number of thioether (sulfide) groups is 1. The minimum atomic E-state index is -0.455. The van der Waals surface area contributed by atoms with Gasteiger partial charge >= 0.3 is 5.69 Å². The van der Waals surface area contributed by atoms with Crippen molar-refractivity contribution >= 4 is 22.9 Å². The summed E-state index contributed by atoms with van der Waals surface area (Å²) in [5.41, 5.74) is -0.0521. The molecule has 0 bridgehead atoms. The molecule has 2 aromatic heterocycles. The Morgan fingerprint density at radius 2 is 2.22 bits per heavy atom. The maximum Gasteiger partial charge on any atom is 0.329 e. The van der Waals surface area contributed by atoms with Gasteiger partial charge in [0.15, 0.2) is 16.3 Å². The Morgan fingerprint density at radius 1 is 1.50 bits per heavy atom. The van der Waals surface area contributed by atoms with E-state index >= 15 is 0 Å². The summed E-state index contributed by atoms with van der Waals surface area (Å²) in [6, 6.07) is 0. The van der Waals surface area contributed by atoms with E-state index in [0.29, 0.717) is 17.7 Å². The van der Waals surface area contributed by atoms with Crippen LogP contribution in [0.4, 0.5) is 0 Å². The fourth-order valence-corrected chi connectivity index (χ4v) is 2.48. The van der Waals surface area contributed by atoms with Crippen LogP contribution < -0.4 is 11.2 Å². The van der Waals surface area contributed by atoms with Crippen LogP contribution in [0.5, 0.6) is 0 Å². The van der Waals surface area contributed by atoms with Crippen molar-refractivity contribution in [3.8, 4) is 0 Å². The molecule has 0 fully saturated rings. The molecule has 0 aliphatic carbocycles. The Balaban J connectivity index is 2.88. The van der Waals surface area contributed by atoms with Gasteiger partial charge in [0, 0.05) is 13.6 Å². The van der Waals surface area contributed by atoms with Gasteiger partial charge in [0.05, 0.1) is 0 Å². The lowest BCUT2D eigenvalue weighted by Crippen LogP contribution is -2.29. The molecule has 0 saturated heterocycles. The van der Waals surface area contributed by atoms with Gasteiger partial charge < -0.3 is 4.57 Å². The highest BCUT2D eigenvalue weighted by Gasteiger charge is 2.16. The van der Waals surface area contributed by atoms with Crippen molar-refractivity contribution in [1.82, 2.24) is 19.1 Å². The van der Waals surface area contributed by atoms with E-state index in [1.807, 2.05) is 6.92 Å². The molecule has 1 N–H and O–H groups in total. The number of aromatic amines is 1. The van der Waals surface area contributed by atoms with E-state index in [0.717, 1.165) is 10.9 Å². The minimum absolute atomic E-state index is 0.404. The van der Waals surface area contributed by atoms with Crippen LogP contribution in [0.25, 0.3) is 11.2 Å². The fourth-order valence-electron chi connectivity index (χ4n) is 1.75. The Morgan fingerprint density at radius 3 is 2.83 bits per heavy atom. The summed E-state index contributed by atoms with van der Waals surface area (Å²) >= 11 is 1.53. The minimum Gasteiger partial charge on any atom is -0.309 e. The number of hydrogen-bond acceptors (Lipinski definition) is 4. The first-order valence-corrected chi connectivity index (χ1v) is 6.52. The maximum atomic E-state index is 11.9. The highest BCUT2D eigenvalue weighted by atomic mass is 32.2. The summed E-state index contributed by atoms with van der Waals surface area (Å²) in [6.45, 7) is 6.17. The van der Waals surface area contributed by atoms with E-state index in [1.165, 1.54) is 16.3 Å². The molecule has 7 heteroatoms. The summed E-state index contributed by atoms with van der Waals surface area (Å²) in [7, 11) is 1.59. The van der Waals surface area contributed by atoms with Crippen LogP contribution in [0.2, 0.25) is 0 Å². The molecule has 0 spiro atoms. The van der Waals surface area contributed by atoms with Crippen molar-refractivity contribution in [2.45, 2.75) is 18.6 Å². The summed E-state index contributed by atoms with van der Waals surface area (Å²) in [6.07, 6.45) is 1.70. The van der Waals surface area contributed by atoms with Gasteiger partial charge in [-0.3, -0.25) is 14.3 Å². The van der Waals surface area contributed by atoms with Crippen LogP contribution in [0, 0.1) is 0 Å². The first kappa shape index (κ1) is 12.7. The van der Waals surface area contributed by atoms with Gasteiger partial charge in [-0.15, -0.1) is 6.58 Å². The molecule has 0 aliphatic heterocycles. The lowest BCUT2D eigenvalue weighted by molar-refractivity contribution is 0.745. The van der Waals surface area contributed by atoms with Gasteiger partial charge in [-0.25, -0.2) is 9.78 Å². The second-order valence-electron chi connectivity index (χ2n) is 3.72. The molecule has 18 heavy (non-hydrogen) atoms. The van der Waals surface area contributed by atoms with Crippen LogP contribution >= 0.6 is 11.8 Å². The van der Waals surface area contributed by atoms with Crippen molar-refractivity contribution in [3.63, 3.8) is 0 Å². The Labute approximate surface area is 107 Å². The predicted octanol–water partition coefficient (Wildman–Crippen LogP) is 0.721. The van der Waals surface area contributed by atoms with E-state index in [9.17, 15) is 9.59 Å². The second-order valence-corrected chi connectivity index (χ2v) is 4.95. The molecule has 2 heterocycles. The number of aryl methyl sites for hydroxylation is 1. The number of aromatic nitrogens is 4. The van der Waals surface area contributed by atoms with Gasteiger partial charge in [0.2, 0.25) is 0 Å². The third-order valence-electron chi connectivity index (χ3n) is 2.56. The molecule has 0 atom stereocenters. The maximum absolute atomic E-state index is 11.9. The quantitative estimate of drug-likeness (QED) is 0.654. The van der Waals surface area contributed by atoms with Gasteiger partial charge in [-0.1, -0.05) is 24.8 Å². The van der Waals surface area contributed by atoms with E-state index in [2.05, 4.69) is 16.5 Å². The molecule has 96 valence electrons. The second kappa shape index (κ2) is 4.85. The van der Waals surface area contributed by atoms with E-state index in [-0.39, 0.29) is 0 Å². The van der Waals surface area contributed by atoms with E-state index in [4.69, 9.17) is 0 Å². The number of allylic oxidation sites excluding steroid dienone is 1. The predicted molar refractivity (Wildman–Crippen MR) is 72.2 cm³/mol.